The molecule has 1 heteroatoms. The molecule has 0 saturated heterocycles. The fourth-order valence-electron chi connectivity index (χ4n) is 2.92. The van der Waals surface area contributed by atoms with Crippen LogP contribution in [-0.4, -0.2) is 6.04 Å². The zero-order chi connectivity index (χ0) is 13.1. The highest BCUT2D eigenvalue weighted by atomic mass is 14.6. The van der Waals surface area contributed by atoms with E-state index in [-0.39, 0.29) is 6.04 Å². The molecular formula is C18H21N. The standard InChI is InChI=1S/C18H21N/c19-18-12-10-17(11-13-18)16-8-6-15(7-9-16)14-4-2-1-3-5-14/h1-4,6-8,10-12,14,16,18H,5,9,13,19H2. The van der Waals surface area contributed by atoms with Gasteiger partial charge in [0.25, 0.3) is 0 Å². The van der Waals surface area contributed by atoms with Gasteiger partial charge in [0, 0.05) is 17.9 Å². The van der Waals surface area contributed by atoms with E-state index in [1.807, 2.05) is 0 Å². The largest absolute Gasteiger partial charge is 0.324 e. The SMILES string of the molecule is NC1C=CC(C2C=CC(C3C=CC=CC3)=CC2)=CC1. The first-order valence-electron chi connectivity index (χ1n) is 7.18. The molecule has 3 aliphatic rings. The predicted molar refractivity (Wildman–Crippen MR) is 81.5 cm³/mol. The smallest absolute Gasteiger partial charge is 0.0262 e. The summed E-state index contributed by atoms with van der Waals surface area (Å²) in [5.74, 6) is 1.11. The molecule has 3 aliphatic carbocycles. The Bertz CT molecular complexity index is 514. The van der Waals surface area contributed by atoms with Gasteiger partial charge < -0.3 is 5.73 Å². The van der Waals surface area contributed by atoms with Crippen molar-refractivity contribution in [3.63, 3.8) is 0 Å². The second-order valence-corrected chi connectivity index (χ2v) is 5.52. The zero-order valence-electron chi connectivity index (χ0n) is 11.2. The molecule has 0 aromatic carbocycles. The molecule has 0 aliphatic heterocycles. The number of hydrogen-bond acceptors (Lipinski definition) is 1. The van der Waals surface area contributed by atoms with E-state index in [0.717, 1.165) is 19.3 Å². The molecule has 3 rings (SSSR count). The molecule has 0 aromatic heterocycles. The summed E-state index contributed by atoms with van der Waals surface area (Å²) in [7, 11) is 0. The molecule has 0 aromatic rings. The molecule has 1 nitrogen and oxygen atoms in total. The van der Waals surface area contributed by atoms with Crippen molar-refractivity contribution in [2.75, 3.05) is 0 Å². The third kappa shape index (κ3) is 2.87. The molecule has 3 unspecified atom stereocenters. The maximum atomic E-state index is 5.87. The van der Waals surface area contributed by atoms with Gasteiger partial charge in [-0.15, -0.1) is 0 Å². The van der Waals surface area contributed by atoms with Crippen molar-refractivity contribution in [3.05, 3.63) is 71.9 Å². The molecule has 2 N–H and O–H groups in total. The third-order valence-electron chi connectivity index (χ3n) is 4.13. The lowest BCUT2D eigenvalue weighted by molar-refractivity contribution is 0.712. The number of nitrogens with two attached hydrogens (primary N) is 1. The monoisotopic (exact) mass is 251 g/mol. The first-order chi connectivity index (χ1) is 9.33. The van der Waals surface area contributed by atoms with E-state index >= 15 is 0 Å². The third-order valence-corrected chi connectivity index (χ3v) is 4.13. The summed E-state index contributed by atoms with van der Waals surface area (Å²) in [5, 5.41) is 0. The van der Waals surface area contributed by atoms with E-state index in [2.05, 4.69) is 60.8 Å². The maximum Gasteiger partial charge on any atom is 0.0262 e. The van der Waals surface area contributed by atoms with Crippen LogP contribution in [0.5, 0.6) is 0 Å². The van der Waals surface area contributed by atoms with Crippen LogP contribution in [0.15, 0.2) is 71.9 Å². The van der Waals surface area contributed by atoms with E-state index in [1.165, 1.54) is 11.1 Å². The van der Waals surface area contributed by atoms with Gasteiger partial charge in [-0.1, -0.05) is 60.8 Å². The fraction of sp³-hybridized carbons (Fsp3) is 0.333. The van der Waals surface area contributed by atoms with Crippen molar-refractivity contribution < 1.29 is 0 Å². The van der Waals surface area contributed by atoms with Gasteiger partial charge in [0.1, 0.15) is 0 Å². The molecule has 0 spiro atoms. The second kappa shape index (κ2) is 5.58. The van der Waals surface area contributed by atoms with E-state index in [1.54, 1.807) is 0 Å². The van der Waals surface area contributed by atoms with Crippen LogP contribution in [0.25, 0.3) is 0 Å². The molecule has 19 heavy (non-hydrogen) atoms. The zero-order valence-corrected chi connectivity index (χ0v) is 11.2. The van der Waals surface area contributed by atoms with Crippen LogP contribution in [0.3, 0.4) is 0 Å². The topological polar surface area (TPSA) is 26.0 Å². The van der Waals surface area contributed by atoms with Crippen LogP contribution < -0.4 is 5.73 Å². The van der Waals surface area contributed by atoms with Crippen molar-refractivity contribution in [2.45, 2.75) is 25.3 Å². The van der Waals surface area contributed by atoms with Crippen LogP contribution >= 0.6 is 0 Å². The minimum absolute atomic E-state index is 0.210. The Balaban J connectivity index is 1.65. The van der Waals surface area contributed by atoms with Gasteiger partial charge in [-0.25, -0.2) is 0 Å². The molecule has 3 atom stereocenters. The van der Waals surface area contributed by atoms with Gasteiger partial charge >= 0.3 is 0 Å². The van der Waals surface area contributed by atoms with Crippen LogP contribution in [-0.2, 0) is 0 Å². The van der Waals surface area contributed by atoms with Crippen molar-refractivity contribution in [1.82, 2.24) is 0 Å². The highest BCUT2D eigenvalue weighted by Gasteiger charge is 2.17. The van der Waals surface area contributed by atoms with E-state index in [4.69, 9.17) is 5.73 Å². The maximum absolute atomic E-state index is 5.87. The van der Waals surface area contributed by atoms with Gasteiger partial charge in [0.15, 0.2) is 0 Å². The summed E-state index contributed by atoms with van der Waals surface area (Å²) < 4.78 is 0. The Hall–Kier alpha value is -1.60. The summed E-state index contributed by atoms with van der Waals surface area (Å²) in [4.78, 5) is 0. The van der Waals surface area contributed by atoms with Gasteiger partial charge in [0.2, 0.25) is 0 Å². The van der Waals surface area contributed by atoms with Crippen molar-refractivity contribution in [3.8, 4) is 0 Å². The predicted octanol–water partition coefficient (Wildman–Crippen LogP) is 3.83. The summed E-state index contributed by atoms with van der Waals surface area (Å²) >= 11 is 0. The highest BCUT2D eigenvalue weighted by Crippen LogP contribution is 2.31. The molecular weight excluding hydrogens is 230 g/mol. The van der Waals surface area contributed by atoms with Gasteiger partial charge in [-0.2, -0.15) is 0 Å². The van der Waals surface area contributed by atoms with Gasteiger partial charge in [-0.3, -0.25) is 0 Å². The average Bonchev–Trinajstić information content (AvgIpc) is 2.49. The minimum atomic E-state index is 0.210. The summed E-state index contributed by atoms with van der Waals surface area (Å²) in [6, 6.07) is 0.210. The van der Waals surface area contributed by atoms with E-state index in [9.17, 15) is 0 Å². The normalized spacial score (nSPS) is 33.2. The van der Waals surface area contributed by atoms with Crippen molar-refractivity contribution in [2.24, 2.45) is 17.6 Å². The summed E-state index contributed by atoms with van der Waals surface area (Å²) in [6.45, 7) is 0. The molecule has 0 amide bonds. The van der Waals surface area contributed by atoms with E-state index < -0.39 is 0 Å². The minimum Gasteiger partial charge on any atom is -0.324 e. The van der Waals surface area contributed by atoms with Gasteiger partial charge in [0.05, 0.1) is 0 Å². The van der Waals surface area contributed by atoms with Crippen LogP contribution in [0.1, 0.15) is 19.3 Å². The summed E-state index contributed by atoms with van der Waals surface area (Å²) in [6.07, 6.45) is 25.7. The fourth-order valence-corrected chi connectivity index (χ4v) is 2.92. The first-order valence-corrected chi connectivity index (χ1v) is 7.18. The molecule has 0 saturated carbocycles. The van der Waals surface area contributed by atoms with Crippen LogP contribution in [0.4, 0.5) is 0 Å². The number of hydrogen-bond donors (Lipinski definition) is 1. The molecule has 0 fully saturated rings. The number of allylic oxidation sites excluding steroid dienone is 10. The summed E-state index contributed by atoms with van der Waals surface area (Å²) in [5.41, 5.74) is 8.76. The quantitative estimate of drug-likeness (QED) is 0.793. The molecule has 0 bridgehead atoms. The average molecular weight is 251 g/mol. The highest BCUT2D eigenvalue weighted by molar-refractivity contribution is 5.38. The Labute approximate surface area is 115 Å². The second-order valence-electron chi connectivity index (χ2n) is 5.52. The first kappa shape index (κ1) is 12.4. The van der Waals surface area contributed by atoms with Crippen molar-refractivity contribution in [1.29, 1.82) is 0 Å². The molecule has 0 radical (unpaired) electrons. The van der Waals surface area contributed by atoms with Crippen molar-refractivity contribution >= 4 is 0 Å². The Morgan fingerprint density at radius 1 is 0.789 bits per heavy atom. The molecule has 0 heterocycles. The van der Waals surface area contributed by atoms with E-state index in [0.29, 0.717) is 11.8 Å². The Morgan fingerprint density at radius 3 is 2.11 bits per heavy atom. The lowest BCUT2D eigenvalue weighted by Gasteiger charge is -2.23. The number of rotatable bonds is 2. The Morgan fingerprint density at radius 2 is 1.53 bits per heavy atom. The van der Waals surface area contributed by atoms with Crippen LogP contribution in [0, 0.1) is 11.8 Å². The molecule has 98 valence electrons. The van der Waals surface area contributed by atoms with Gasteiger partial charge in [-0.05, 0) is 30.4 Å². The lowest BCUT2D eigenvalue weighted by Crippen LogP contribution is -2.19. The van der Waals surface area contributed by atoms with Crippen LogP contribution in [0.2, 0.25) is 0 Å². The lowest BCUT2D eigenvalue weighted by atomic mass is 9.82. The Kier molecular flexibility index (Phi) is 3.65.